The van der Waals surface area contributed by atoms with Gasteiger partial charge in [-0.25, -0.2) is 4.68 Å². The van der Waals surface area contributed by atoms with Crippen molar-refractivity contribution in [3.8, 4) is 0 Å². The molecular formula is C17H27N5OS. The van der Waals surface area contributed by atoms with Gasteiger partial charge in [0.2, 0.25) is 0 Å². The molecule has 132 valence electrons. The van der Waals surface area contributed by atoms with E-state index in [9.17, 15) is 0 Å². The summed E-state index contributed by atoms with van der Waals surface area (Å²) in [5, 5.41) is 10.9. The fraction of sp³-hybridized carbons (Fsp3) is 0.647. The lowest BCUT2D eigenvalue weighted by molar-refractivity contribution is 0.0834. The summed E-state index contributed by atoms with van der Waals surface area (Å²) in [6.45, 7) is 8.28. The third kappa shape index (κ3) is 4.22. The number of ether oxygens (including phenoxy) is 1. The van der Waals surface area contributed by atoms with Crippen LogP contribution in [0, 0.1) is 0 Å². The quantitative estimate of drug-likeness (QED) is 0.683. The molecule has 3 heterocycles. The zero-order chi connectivity index (χ0) is 16.9. The first-order chi connectivity index (χ1) is 11.7. The standard InChI is InChI=1S/C17H27N5OS/c1-4-22-17-14(13-23-8-7-20(2)3)10-21(12-16(17)18-19-22)11-15-6-5-9-24-15/h5-6,9,14H,4,7-8,10-13H2,1-3H3. The van der Waals surface area contributed by atoms with Crippen molar-refractivity contribution in [2.45, 2.75) is 32.5 Å². The van der Waals surface area contributed by atoms with Crippen molar-refractivity contribution in [2.75, 3.05) is 40.4 Å². The van der Waals surface area contributed by atoms with Crippen LogP contribution in [-0.2, 0) is 24.4 Å². The van der Waals surface area contributed by atoms with E-state index in [0.29, 0.717) is 5.92 Å². The minimum absolute atomic E-state index is 0.339. The van der Waals surface area contributed by atoms with E-state index >= 15 is 0 Å². The number of hydrogen-bond donors (Lipinski definition) is 0. The molecule has 1 aliphatic rings. The smallest absolute Gasteiger partial charge is 0.100 e. The number of hydrogen-bond acceptors (Lipinski definition) is 6. The Labute approximate surface area is 148 Å². The molecule has 1 atom stereocenters. The first-order valence-electron chi connectivity index (χ1n) is 8.56. The Kier molecular flexibility index (Phi) is 5.99. The maximum atomic E-state index is 5.96. The summed E-state index contributed by atoms with van der Waals surface area (Å²) < 4.78 is 8.00. The number of likely N-dealkylation sites (N-methyl/N-ethyl adjacent to an activating group) is 1. The molecule has 3 rings (SSSR count). The number of thiophene rings is 1. The zero-order valence-corrected chi connectivity index (χ0v) is 15.6. The van der Waals surface area contributed by atoms with Crippen LogP contribution in [0.25, 0.3) is 0 Å². The Morgan fingerprint density at radius 3 is 3.00 bits per heavy atom. The van der Waals surface area contributed by atoms with Crippen LogP contribution >= 0.6 is 11.3 Å². The fourth-order valence-electron chi connectivity index (χ4n) is 3.17. The van der Waals surface area contributed by atoms with Gasteiger partial charge in [0.15, 0.2) is 0 Å². The molecule has 0 N–H and O–H groups in total. The molecule has 0 radical (unpaired) electrons. The highest BCUT2D eigenvalue weighted by molar-refractivity contribution is 7.09. The van der Waals surface area contributed by atoms with E-state index in [1.54, 1.807) is 0 Å². The minimum atomic E-state index is 0.339. The second kappa shape index (κ2) is 8.20. The van der Waals surface area contributed by atoms with E-state index in [1.165, 1.54) is 10.6 Å². The first-order valence-corrected chi connectivity index (χ1v) is 9.44. The predicted octanol–water partition coefficient (Wildman–Crippen LogP) is 2.04. The van der Waals surface area contributed by atoms with Crippen LogP contribution < -0.4 is 0 Å². The van der Waals surface area contributed by atoms with Crippen LogP contribution in [0.3, 0.4) is 0 Å². The topological polar surface area (TPSA) is 46.4 Å². The van der Waals surface area contributed by atoms with Crippen molar-refractivity contribution in [3.05, 3.63) is 33.8 Å². The lowest BCUT2D eigenvalue weighted by Gasteiger charge is -2.32. The molecule has 1 unspecified atom stereocenters. The highest BCUT2D eigenvalue weighted by Gasteiger charge is 2.30. The molecule has 2 aromatic rings. The van der Waals surface area contributed by atoms with E-state index in [4.69, 9.17) is 4.74 Å². The molecule has 2 aromatic heterocycles. The lowest BCUT2D eigenvalue weighted by Crippen LogP contribution is -2.36. The van der Waals surface area contributed by atoms with Gasteiger partial charge in [-0.05, 0) is 32.5 Å². The third-order valence-corrected chi connectivity index (χ3v) is 5.21. The fourth-order valence-corrected chi connectivity index (χ4v) is 3.92. The summed E-state index contributed by atoms with van der Waals surface area (Å²) in [6.07, 6.45) is 0. The van der Waals surface area contributed by atoms with E-state index in [0.717, 1.165) is 51.6 Å². The summed E-state index contributed by atoms with van der Waals surface area (Å²) in [6, 6.07) is 4.32. The SMILES string of the molecule is CCn1nnc2c1C(COCCN(C)C)CN(Cc1cccs1)C2. The molecule has 24 heavy (non-hydrogen) atoms. The van der Waals surface area contributed by atoms with Crippen molar-refractivity contribution < 1.29 is 4.74 Å². The van der Waals surface area contributed by atoms with Crippen LogP contribution in [-0.4, -0.2) is 65.2 Å². The van der Waals surface area contributed by atoms with Gasteiger partial charge in [-0.2, -0.15) is 0 Å². The summed E-state index contributed by atoms with van der Waals surface area (Å²) in [5.74, 6) is 0.339. The van der Waals surface area contributed by atoms with Crippen molar-refractivity contribution in [1.82, 2.24) is 24.8 Å². The maximum Gasteiger partial charge on any atom is 0.100 e. The number of fused-ring (bicyclic) bond motifs is 1. The maximum absolute atomic E-state index is 5.96. The number of nitrogens with zero attached hydrogens (tertiary/aromatic N) is 5. The minimum Gasteiger partial charge on any atom is -0.379 e. The van der Waals surface area contributed by atoms with Gasteiger partial charge in [-0.15, -0.1) is 16.4 Å². The van der Waals surface area contributed by atoms with Crippen molar-refractivity contribution in [1.29, 1.82) is 0 Å². The van der Waals surface area contributed by atoms with Crippen LogP contribution in [0.5, 0.6) is 0 Å². The van der Waals surface area contributed by atoms with Gasteiger partial charge in [0.1, 0.15) is 5.69 Å². The largest absolute Gasteiger partial charge is 0.379 e. The summed E-state index contributed by atoms with van der Waals surface area (Å²) >= 11 is 1.81. The number of aryl methyl sites for hydroxylation is 1. The third-order valence-electron chi connectivity index (χ3n) is 4.35. The lowest BCUT2D eigenvalue weighted by atomic mass is 9.99. The van der Waals surface area contributed by atoms with E-state index < -0.39 is 0 Å². The monoisotopic (exact) mass is 349 g/mol. The molecule has 1 aliphatic heterocycles. The Bertz CT molecular complexity index is 625. The van der Waals surface area contributed by atoms with Crippen LogP contribution in [0.4, 0.5) is 0 Å². The molecule has 0 saturated carbocycles. The van der Waals surface area contributed by atoms with Gasteiger partial charge in [0.05, 0.1) is 18.9 Å². The molecule has 7 heteroatoms. The van der Waals surface area contributed by atoms with Crippen molar-refractivity contribution in [3.63, 3.8) is 0 Å². The molecular weight excluding hydrogens is 322 g/mol. The Hall–Kier alpha value is -1.28. The summed E-state index contributed by atoms with van der Waals surface area (Å²) in [4.78, 5) is 6.00. The van der Waals surface area contributed by atoms with E-state index in [2.05, 4.69) is 58.6 Å². The molecule has 6 nitrogen and oxygen atoms in total. The molecule has 0 fully saturated rings. The summed E-state index contributed by atoms with van der Waals surface area (Å²) in [5.41, 5.74) is 2.38. The second-order valence-corrected chi connectivity index (χ2v) is 7.59. The van der Waals surface area contributed by atoms with Crippen molar-refractivity contribution >= 4 is 11.3 Å². The van der Waals surface area contributed by atoms with E-state index in [1.807, 2.05) is 16.0 Å². The molecule has 0 aliphatic carbocycles. The van der Waals surface area contributed by atoms with Gasteiger partial charge in [-0.1, -0.05) is 11.3 Å². The highest BCUT2D eigenvalue weighted by atomic mass is 32.1. The van der Waals surface area contributed by atoms with Crippen LogP contribution in [0.1, 0.15) is 29.1 Å². The van der Waals surface area contributed by atoms with E-state index in [-0.39, 0.29) is 0 Å². The second-order valence-electron chi connectivity index (χ2n) is 6.56. The van der Waals surface area contributed by atoms with Gasteiger partial charge >= 0.3 is 0 Å². The summed E-state index contributed by atoms with van der Waals surface area (Å²) in [7, 11) is 4.14. The Morgan fingerprint density at radius 2 is 2.29 bits per heavy atom. The number of rotatable bonds is 8. The Morgan fingerprint density at radius 1 is 1.42 bits per heavy atom. The zero-order valence-electron chi connectivity index (χ0n) is 14.8. The Balaban J connectivity index is 1.68. The highest BCUT2D eigenvalue weighted by Crippen LogP contribution is 2.29. The van der Waals surface area contributed by atoms with Gasteiger partial charge in [0.25, 0.3) is 0 Å². The number of aromatic nitrogens is 3. The molecule has 0 amide bonds. The normalized spacial score (nSPS) is 18.2. The molecule has 0 bridgehead atoms. The van der Waals surface area contributed by atoms with Crippen molar-refractivity contribution in [2.24, 2.45) is 0 Å². The predicted molar refractivity (Wildman–Crippen MR) is 96.2 cm³/mol. The molecule has 0 aromatic carbocycles. The van der Waals surface area contributed by atoms with Crippen LogP contribution in [0.2, 0.25) is 0 Å². The van der Waals surface area contributed by atoms with Gasteiger partial charge < -0.3 is 9.64 Å². The molecule has 0 spiro atoms. The molecule has 0 saturated heterocycles. The average Bonchev–Trinajstić information content (AvgIpc) is 3.20. The average molecular weight is 350 g/mol. The van der Waals surface area contributed by atoms with Crippen LogP contribution in [0.15, 0.2) is 17.5 Å². The van der Waals surface area contributed by atoms with Gasteiger partial charge in [0, 0.05) is 43.5 Å². The van der Waals surface area contributed by atoms with Gasteiger partial charge in [-0.3, -0.25) is 4.90 Å². The first kappa shape index (κ1) is 17.5.